The normalized spacial score (nSPS) is 14.6. The highest BCUT2D eigenvalue weighted by atomic mass is 35.5. The lowest BCUT2D eigenvalue weighted by molar-refractivity contribution is -0.122. The van der Waals surface area contributed by atoms with E-state index in [0.29, 0.717) is 6.54 Å². The number of para-hydroxylation sites is 1. The van der Waals surface area contributed by atoms with Crippen LogP contribution in [0.3, 0.4) is 0 Å². The summed E-state index contributed by atoms with van der Waals surface area (Å²) in [5.41, 5.74) is 5.52. The highest BCUT2D eigenvalue weighted by Gasteiger charge is 2.18. The van der Waals surface area contributed by atoms with Gasteiger partial charge in [-0.05, 0) is 30.3 Å². The molecule has 148 valence electrons. The van der Waals surface area contributed by atoms with Gasteiger partial charge in [-0.2, -0.15) is 0 Å². The number of carbonyl (C=O) groups is 2. The van der Waals surface area contributed by atoms with Crippen molar-refractivity contribution in [3.63, 3.8) is 0 Å². The number of piperazine rings is 1. The van der Waals surface area contributed by atoms with Crippen LogP contribution < -0.4 is 15.8 Å². The van der Waals surface area contributed by atoms with E-state index in [2.05, 4.69) is 32.8 Å². The number of nitrogens with zero attached hydrogens (tertiary/aromatic N) is 2. The molecule has 1 saturated heterocycles. The number of hydrogen-bond acceptors (Lipinski definition) is 4. The minimum absolute atomic E-state index is 0.218. The average Bonchev–Trinajstić information content (AvgIpc) is 2.73. The number of nitrogens with one attached hydrogen (secondary N) is 2. The van der Waals surface area contributed by atoms with Crippen LogP contribution in [0.4, 0.5) is 10.1 Å². The fourth-order valence-electron chi connectivity index (χ4n) is 3.06. The third-order valence-electron chi connectivity index (χ3n) is 4.64. The van der Waals surface area contributed by atoms with E-state index in [0.717, 1.165) is 32.2 Å². The van der Waals surface area contributed by atoms with Gasteiger partial charge in [0, 0.05) is 49.9 Å². The standard InChI is InChI=1S/C20H22ClFN4O2/c21-15-6-7-18(22)17(14-15)20(28)24-23-19(27)8-9-25-10-12-26(13-11-25)16-4-2-1-3-5-16/h1-7,14H,8-13H2,(H,23,27)(H,24,28). The Morgan fingerprint density at radius 2 is 1.71 bits per heavy atom. The topological polar surface area (TPSA) is 64.7 Å². The largest absolute Gasteiger partial charge is 0.369 e. The Balaban J connectivity index is 1.38. The molecule has 0 aromatic heterocycles. The molecule has 2 aromatic rings. The van der Waals surface area contributed by atoms with E-state index in [1.54, 1.807) is 0 Å². The van der Waals surface area contributed by atoms with Crippen molar-refractivity contribution in [2.75, 3.05) is 37.6 Å². The molecule has 6 nitrogen and oxygen atoms in total. The smallest absolute Gasteiger partial charge is 0.272 e. The fraction of sp³-hybridized carbons (Fsp3) is 0.300. The highest BCUT2D eigenvalue weighted by molar-refractivity contribution is 6.31. The second-order valence-electron chi connectivity index (χ2n) is 6.54. The van der Waals surface area contributed by atoms with Gasteiger partial charge in [-0.3, -0.25) is 25.3 Å². The van der Waals surface area contributed by atoms with E-state index in [1.165, 1.54) is 17.8 Å². The monoisotopic (exact) mass is 404 g/mol. The minimum atomic E-state index is -0.746. The van der Waals surface area contributed by atoms with Crippen molar-refractivity contribution >= 4 is 29.1 Å². The van der Waals surface area contributed by atoms with Crippen LogP contribution in [0.25, 0.3) is 0 Å². The molecule has 2 N–H and O–H groups in total. The van der Waals surface area contributed by atoms with Crippen molar-refractivity contribution in [1.29, 1.82) is 0 Å². The van der Waals surface area contributed by atoms with E-state index in [1.807, 2.05) is 18.2 Å². The lowest BCUT2D eigenvalue weighted by atomic mass is 10.2. The molecular weight excluding hydrogens is 383 g/mol. The summed E-state index contributed by atoms with van der Waals surface area (Å²) in [4.78, 5) is 28.5. The van der Waals surface area contributed by atoms with E-state index in [4.69, 9.17) is 11.6 Å². The number of amides is 2. The molecule has 2 amide bonds. The molecule has 28 heavy (non-hydrogen) atoms. The van der Waals surface area contributed by atoms with Gasteiger partial charge in [-0.15, -0.1) is 0 Å². The fourth-order valence-corrected chi connectivity index (χ4v) is 3.23. The number of halogens is 2. The number of rotatable bonds is 5. The first-order chi connectivity index (χ1) is 13.5. The summed E-state index contributed by atoms with van der Waals surface area (Å²) in [6.07, 6.45) is 0.240. The van der Waals surface area contributed by atoms with Crippen LogP contribution in [-0.2, 0) is 4.79 Å². The minimum Gasteiger partial charge on any atom is -0.369 e. The van der Waals surface area contributed by atoms with Gasteiger partial charge in [0.25, 0.3) is 5.91 Å². The molecule has 1 aliphatic rings. The maximum Gasteiger partial charge on any atom is 0.272 e. The molecule has 1 fully saturated rings. The number of benzene rings is 2. The Morgan fingerprint density at radius 3 is 2.43 bits per heavy atom. The Labute approximate surface area is 168 Å². The summed E-state index contributed by atoms with van der Waals surface area (Å²) in [6.45, 7) is 4.12. The molecule has 0 radical (unpaired) electrons. The van der Waals surface area contributed by atoms with Gasteiger partial charge in [0.05, 0.1) is 5.56 Å². The molecule has 1 heterocycles. The number of hydrazine groups is 1. The van der Waals surface area contributed by atoms with Crippen LogP contribution in [0.5, 0.6) is 0 Å². The molecule has 1 aliphatic heterocycles. The third-order valence-corrected chi connectivity index (χ3v) is 4.87. The van der Waals surface area contributed by atoms with Gasteiger partial charge >= 0.3 is 0 Å². The average molecular weight is 405 g/mol. The maximum absolute atomic E-state index is 13.6. The van der Waals surface area contributed by atoms with Crippen molar-refractivity contribution in [1.82, 2.24) is 15.8 Å². The summed E-state index contributed by atoms with van der Waals surface area (Å²) in [5.74, 6) is -1.78. The second kappa shape index (κ2) is 9.52. The van der Waals surface area contributed by atoms with Crippen LogP contribution in [0.15, 0.2) is 48.5 Å². The SMILES string of the molecule is O=C(CCN1CCN(c2ccccc2)CC1)NNC(=O)c1cc(Cl)ccc1F. The maximum atomic E-state index is 13.6. The molecular formula is C20H22ClFN4O2. The van der Waals surface area contributed by atoms with Crippen molar-refractivity contribution in [3.8, 4) is 0 Å². The Kier molecular flexibility index (Phi) is 6.84. The van der Waals surface area contributed by atoms with Crippen LogP contribution in [-0.4, -0.2) is 49.4 Å². The van der Waals surface area contributed by atoms with Crippen molar-refractivity contribution in [2.24, 2.45) is 0 Å². The Bertz CT molecular complexity index is 826. The molecule has 2 aromatic carbocycles. The quantitative estimate of drug-likeness (QED) is 0.751. The molecule has 0 spiro atoms. The molecule has 0 aliphatic carbocycles. The number of hydrogen-bond donors (Lipinski definition) is 2. The van der Waals surface area contributed by atoms with Gasteiger partial charge in [-0.1, -0.05) is 29.8 Å². The summed E-state index contributed by atoms with van der Waals surface area (Å²) in [5, 5.41) is 0.243. The summed E-state index contributed by atoms with van der Waals surface area (Å²) < 4.78 is 13.6. The number of carbonyl (C=O) groups excluding carboxylic acids is 2. The molecule has 0 atom stereocenters. The Hall–Kier alpha value is -2.64. The second-order valence-corrected chi connectivity index (χ2v) is 6.98. The predicted molar refractivity (Wildman–Crippen MR) is 107 cm³/mol. The lowest BCUT2D eigenvalue weighted by Crippen LogP contribution is -2.48. The van der Waals surface area contributed by atoms with E-state index in [9.17, 15) is 14.0 Å². The van der Waals surface area contributed by atoms with Crippen molar-refractivity contribution in [3.05, 3.63) is 64.9 Å². The first-order valence-electron chi connectivity index (χ1n) is 9.09. The molecule has 0 bridgehead atoms. The van der Waals surface area contributed by atoms with Gasteiger partial charge in [0.2, 0.25) is 5.91 Å². The summed E-state index contributed by atoms with van der Waals surface area (Å²) >= 11 is 5.77. The van der Waals surface area contributed by atoms with E-state index in [-0.39, 0.29) is 22.9 Å². The first-order valence-corrected chi connectivity index (χ1v) is 9.47. The van der Waals surface area contributed by atoms with Crippen LogP contribution in [0, 0.1) is 5.82 Å². The zero-order valence-corrected chi connectivity index (χ0v) is 16.1. The van der Waals surface area contributed by atoms with Gasteiger partial charge in [-0.25, -0.2) is 4.39 Å². The number of anilines is 1. The Morgan fingerprint density at radius 1 is 1.00 bits per heavy atom. The van der Waals surface area contributed by atoms with Gasteiger partial charge in [0.1, 0.15) is 5.82 Å². The van der Waals surface area contributed by atoms with Crippen molar-refractivity contribution < 1.29 is 14.0 Å². The summed E-state index contributed by atoms with van der Waals surface area (Å²) in [7, 11) is 0. The highest BCUT2D eigenvalue weighted by Crippen LogP contribution is 2.16. The van der Waals surface area contributed by atoms with Crippen LogP contribution in [0.2, 0.25) is 5.02 Å². The molecule has 3 rings (SSSR count). The third kappa shape index (κ3) is 5.43. The van der Waals surface area contributed by atoms with Crippen LogP contribution in [0.1, 0.15) is 16.8 Å². The van der Waals surface area contributed by atoms with Crippen LogP contribution >= 0.6 is 11.6 Å². The zero-order valence-electron chi connectivity index (χ0n) is 15.3. The molecule has 0 unspecified atom stereocenters. The zero-order chi connectivity index (χ0) is 19.9. The van der Waals surface area contributed by atoms with Gasteiger partial charge in [0.15, 0.2) is 0 Å². The molecule has 8 heteroatoms. The predicted octanol–water partition coefficient (Wildman–Crippen LogP) is 2.45. The summed E-state index contributed by atoms with van der Waals surface area (Å²) in [6, 6.07) is 13.9. The van der Waals surface area contributed by atoms with Crippen molar-refractivity contribution in [2.45, 2.75) is 6.42 Å². The first kappa shape index (κ1) is 20.1. The lowest BCUT2D eigenvalue weighted by Gasteiger charge is -2.36. The van der Waals surface area contributed by atoms with E-state index >= 15 is 0 Å². The van der Waals surface area contributed by atoms with E-state index < -0.39 is 11.7 Å². The van der Waals surface area contributed by atoms with Gasteiger partial charge < -0.3 is 4.90 Å². The molecule has 0 saturated carbocycles.